The minimum atomic E-state index is -1.03. The molecule has 21 heavy (non-hydrogen) atoms. The van der Waals surface area contributed by atoms with Gasteiger partial charge in [0.05, 0.1) is 16.3 Å². The lowest BCUT2D eigenvalue weighted by Crippen LogP contribution is -2.31. The van der Waals surface area contributed by atoms with Crippen LogP contribution in [-0.4, -0.2) is 32.7 Å². The smallest absolute Gasteiger partial charge is 0.337 e. The second-order valence-corrected chi connectivity index (χ2v) is 4.86. The standard InChI is InChI=1S/C13H12N4O3S/c18-11(17-16-10-3-1-2-6-14-10)8-21-12-5-4-9(7-15-12)13(19)20/h1-7H,8H2,(H,14,16)(H,17,18)(H,19,20). The third-order valence-electron chi connectivity index (χ3n) is 2.33. The van der Waals surface area contributed by atoms with Gasteiger partial charge in [0.15, 0.2) is 0 Å². The Bertz CT molecular complexity index is 619. The normalized spacial score (nSPS) is 9.90. The average Bonchev–Trinajstić information content (AvgIpc) is 2.52. The molecule has 2 aromatic rings. The number of nitrogens with zero attached hydrogens (tertiary/aromatic N) is 2. The van der Waals surface area contributed by atoms with Crippen LogP contribution in [0.1, 0.15) is 10.4 Å². The van der Waals surface area contributed by atoms with Gasteiger partial charge >= 0.3 is 5.97 Å². The largest absolute Gasteiger partial charge is 0.478 e. The second-order valence-electron chi connectivity index (χ2n) is 3.87. The zero-order chi connectivity index (χ0) is 15.1. The summed E-state index contributed by atoms with van der Waals surface area (Å²) in [5.74, 6) is -0.579. The molecule has 1 amide bonds. The summed E-state index contributed by atoms with van der Waals surface area (Å²) in [4.78, 5) is 30.2. The molecule has 7 nitrogen and oxygen atoms in total. The molecule has 0 unspecified atom stereocenters. The van der Waals surface area contributed by atoms with E-state index in [-0.39, 0.29) is 17.2 Å². The number of aromatic nitrogens is 2. The molecule has 0 aliphatic heterocycles. The van der Waals surface area contributed by atoms with Gasteiger partial charge in [0.2, 0.25) is 5.91 Å². The maximum atomic E-state index is 11.6. The number of thioether (sulfide) groups is 1. The van der Waals surface area contributed by atoms with Crippen LogP contribution in [0.2, 0.25) is 0 Å². The Kier molecular flexibility index (Phi) is 5.10. The van der Waals surface area contributed by atoms with Crippen molar-refractivity contribution in [2.45, 2.75) is 5.03 Å². The van der Waals surface area contributed by atoms with E-state index >= 15 is 0 Å². The zero-order valence-electron chi connectivity index (χ0n) is 10.8. The summed E-state index contributed by atoms with van der Waals surface area (Å²) in [7, 11) is 0. The summed E-state index contributed by atoms with van der Waals surface area (Å²) in [5.41, 5.74) is 5.30. The van der Waals surface area contributed by atoms with Gasteiger partial charge in [-0.25, -0.2) is 14.8 Å². The van der Waals surface area contributed by atoms with Crippen LogP contribution in [-0.2, 0) is 4.79 Å². The van der Waals surface area contributed by atoms with Crippen LogP contribution in [0.3, 0.4) is 0 Å². The monoisotopic (exact) mass is 304 g/mol. The average molecular weight is 304 g/mol. The van der Waals surface area contributed by atoms with Gasteiger partial charge in [0.1, 0.15) is 5.82 Å². The Labute approximate surface area is 124 Å². The molecule has 0 bridgehead atoms. The molecule has 2 heterocycles. The molecule has 0 spiro atoms. The summed E-state index contributed by atoms with van der Waals surface area (Å²) in [6.45, 7) is 0. The first kappa shape index (κ1) is 14.8. The van der Waals surface area contributed by atoms with E-state index in [2.05, 4.69) is 20.8 Å². The zero-order valence-corrected chi connectivity index (χ0v) is 11.6. The van der Waals surface area contributed by atoms with Gasteiger partial charge in [-0.15, -0.1) is 0 Å². The molecule has 0 saturated carbocycles. The van der Waals surface area contributed by atoms with Crippen LogP contribution >= 0.6 is 11.8 Å². The first-order valence-corrected chi connectivity index (χ1v) is 6.92. The topological polar surface area (TPSA) is 104 Å². The number of aromatic carboxylic acids is 1. The Morgan fingerprint density at radius 3 is 2.67 bits per heavy atom. The first-order chi connectivity index (χ1) is 10.1. The van der Waals surface area contributed by atoms with Crippen molar-refractivity contribution >= 4 is 29.5 Å². The Morgan fingerprint density at radius 2 is 2.05 bits per heavy atom. The highest BCUT2D eigenvalue weighted by Gasteiger charge is 2.06. The number of hydrogen-bond donors (Lipinski definition) is 3. The van der Waals surface area contributed by atoms with Crippen molar-refractivity contribution in [3.05, 3.63) is 48.3 Å². The molecule has 2 aromatic heterocycles. The van der Waals surface area contributed by atoms with Crippen molar-refractivity contribution in [3.8, 4) is 0 Å². The molecule has 0 aromatic carbocycles. The molecule has 2 rings (SSSR count). The summed E-state index contributed by atoms with van der Waals surface area (Å²) < 4.78 is 0. The minimum Gasteiger partial charge on any atom is -0.478 e. The van der Waals surface area contributed by atoms with Gasteiger partial charge < -0.3 is 5.11 Å². The fourth-order valence-corrected chi connectivity index (χ4v) is 1.98. The van der Waals surface area contributed by atoms with E-state index in [9.17, 15) is 9.59 Å². The molecule has 0 atom stereocenters. The van der Waals surface area contributed by atoms with Crippen molar-refractivity contribution in [1.29, 1.82) is 0 Å². The van der Waals surface area contributed by atoms with Crippen molar-refractivity contribution in [3.63, 3.8) is 0 Å². The number of rotatable bonds is 6. The van der Waals surface area contributed by atoms with E-state index in [0.717, 1.165) is 0 Å². The first-order valence-electron chi connectivity index (χ1n) is 5.93. The Balaban J connectivity index is 1.77. The van der Waals surface area contributed by atoms with Crippen LogP contribution in [0.4, 0.5) is 5.82 Å². The van der Waals surface area contributed by atoms with Crippen molar-refractivity contribution in [1.82, 2.24) is 15.4 Å². The molecule has 8 heteroatoms. The number of carbonyl (C=O) groups is 2. The summed E-state index contributed by atoms with van der Waals surface area (Å²) in [6, 6.07) is 8.30. The molecular weight excluding hydrogens is 292 g/mol. The molecular formula is C13H12N4O3S. The summed E-state index contributed by atoms with van der Waals surface area (Å²) in [5, 5.41) is 9.32. The Morgan fingerprint density at radius 1 is 1.19 bits per heavy atom. The summed E-state index contributed by atoms with van der Waals surface area (Å²) >= 11 is 1.21. The maximum Gasteiger partial charge on any atom is 0.337 e. The van der Waals surface area contributed by atoms with Crippen molar-refractivity contribution < 1.29 is 14.7 Å². The van der Waals surface area contributed by atoms with Gasteiger partial charge in [0.25, 0.3) is 0 Å². The summed E-state index contributed by atoms with van der Waals surface area (Å²) in [6.07, 6.45) is 2.87. The fraction of sp³-hybridized carbons (Fsp3) is 0.0769. The maximum absolute atomic E-state index is 11.6. The third kappa shape index (κ3) is 4.77. The molecule has 108 valence electrons. The number of anilines is 1. The van der Waals surface area contributed by atoms with E-state index in [1.54, 1.807) is 30.5 Å². The number of hydrogen-bond acceptors (Lipinski definition) is 6. The van der Waals surface area contributed by atoms with Crippen LogP contribution in [0.5, 0.6) is 0 Å². The highest BCUT2D eigenvalue weighted by molar-refractivity contribution is 7.99. The highest BCUT2D eigenvalue weighted by atomic mass is 32.2. The minimum absolute atomic E-state index is 0.112. The quantitative estimate of drug-likeness (QED) is 0.547. The van der Waals surface area contributed by atoms with Crippen LogP contribution in [0.25, 0.3) is 0 Å². The van der Waals surface area contributed by atoms with Crippen molar-refractivity contribution in [2.75, 3.05) is 11.2 Å². The van der Waals surface area contributed by atoms with Gasteiger partial charge in [-0.3, -0.25) is 15.6 Å². The number of amides is 1. The van der Waals surface area contributed by atoms with Crippen LogP contribution < -0.4 is 10.9 Å². The van der Waals surface area contributed by atoms with E-state index in [4.69, 9.17) is 5.11 Å². The molecule has 0 aliphatic rings. The number of pyridine rings is 2. The molecule has 0 radical (unpaired) electrons. The van der Waals surface area contributed by atoms with Crippen molar-refractivity contribution in [2.24, 2.45) is 0 Å². The lowest BCUT2D eigenvalue weighted by Gasteiger charge is -2.06. The second kappa shape index (κ2) is 7.25. The number of carboxylic acids is 1. The number of carbonyl (C=O) groups excluding carboxylic acids is 1. The van der Waals surface area contributed by atoms with Gasteiger partial charge in [-0.05, 0) is 24.3 Å². The number of nitrogens with one attached hydrogen (secondary N) is 2. The SMILES string of the molecule is O=C(CSc1ccc(C(=O)O)cn1)NNc1ccccn1. The third-order valence-corrected chi connectivity index (χ3v) is 3.27. The van der Waals surface area contributed by atoms with E-state index in [1.165, 1.54) is 24.0 Å². The van der Waals surface area contributed by atoms with E-state index in [1.807, 2.05) is 0 Å². The van der Waals surface area contributed by atoms with Gasteiger partial charge in [0, 0.05) is 12.4 Å². The van der Waals surface area contributed by atoms with Crippen LogP contribution in [0, 0.1) is 0 Å². The molecule has 3 N–H and O–H groups in total. The molecule has 0 fully saturated rings. The van der Waals surface area contributed by atoms with Crippen LogP contribution in [0.15, 0.2) is 47.8 Å². The van der Waals surface area contributed by atoms with Gasteiger partial charge in [-0.2, -0.15) is 0 Å². The lowest BCUT2D eigenvalue weighted by molar-refractivity contribution is -0.118. The predicted octanol–water partition coefficient (Wildman–Crippen LogP) is 1.41. The molecule has 0 saturated heterocycles. The van der Waals surface area contributed by atoms with Gasteiger partial charge in [-0.1, -0.05) is 17.8 Å². The van der Waals surface area contributed by atoms with E-state index in [0.29, 0.717) is 10.8 Å². The predicted molar refractivity (Wildman–Crippen MR) is 77.9 cm³/mol. The Hall–Kier alpha value is -2.61. The highest BCUT2D eigenvalue weighted by Crippen LogP contribution is 2.14. The number of hydrazine groups is 1. The number of carboxylic acid groups (broad SMARTS) is 1. The van der Waals surface area contributed by atoms with E-state index < -0.39 is 5.97 Å². The lowest BCUT2D eigenvalue weighted by atomic mass is 10.3. The molecule has 0 aliphatic carbocycles. The fourth-order valence-electron chi connectivity index (χ4n) is 1.34.